The first-order chi connectivity index (χ1) is 13.3. The minimum Gasteiger partial charge on any atom is -0.394 e. The van der Waals surface area contributed by atoms with Crippen molar-refractivity contribution in [1.82, 2.24) is 20.1 Å². The number of aliphatic hydroxyl groups excluding tert-OH is 1. The number of hydrogen-bond donors (Lipinski definition) is 2. The highest BCUT2D eigenvalue weighted by molar-refractivity contribution is 7.12. The maximum absolute atomic E-state index is 12.8. The number of nitrogens with one attached hydrogen (secondary N) is 1. The van der Waals surface area contributed by atoms with Crippen LogP contribution in [0.25, 0.3) is 16.7 Å². The van der Waals surface area contributed by atoms with E-state index in [2.05, 4.69) is 15.4 Å². The van der Waals surface area contributed by atoms with Gasteiger partial charge >= 0.3 is 0 Å². The summed E-state index contributed by atoms with van der Waals surface area (Å²) in [5, 5.41) is 18.0. The Morgan fingerprint density at radius 3 is 2.74 bits per heavy atom. The van der Waals surface area contributed by atoms with Crippen molar-refractivity contribution in [2.45, 2.75) is 12.5 Å². The van der Waals surface area contributed by atoms with Crippen molar-refractivity contribution >= 4 is 28.1 Å². The molecule has 1 atom stereocenters. The summed E-state index contributed by atoms with van der Waals surface area (Å²) in [7, 11) is 0. The molecule has 2 heterocycles. The van der Waals surface area contributed by atoms with Gasteiger partial charge < -0.3 is 10.4 Å². The standard InChI is InChI=1S/C20H18N4O2S/c25-12-16(10-14-6-2-1-3-7-14)23-20(26)18-19(21-13-27-18)24-17-9-5-4-8-15(17)11-22-24/h1-9,11,13,16,25H,10,12H2,(H,23,26)/t16-/m0/s1. The first kappa shape index (κ1) is 17.4. The maximum Gasteiger partial charge on any atom is 0.265 e. The second kappa shape index (κ2) is 7.69. The van der Waals surface area contributed by atoms with Gasteiger partial charge in [-0.05, 0) is 18.1 Å². The van der Waals surface area contributed by atoms with Gasteiger partial charge in [0, 0.05) is 5.39 Å². The van der Waals surface area contributed by atoms with Crippen LogP contribution in [0.5, 0.6) is 0 Å². The molecular formula is C20H18N4O2S. The molecule has 1 amide bonds. The summed E-state index contributed by atoms with van der Waals surface area (Å²) in [5.74, 6) is 0.233. The van der Waals surface area contributed by atoms with E-state index in [0.717, 1.165) is 16.5 Å². The van der Waals surface area contributed by atoms with Gasteiger partial charge in [0.25, 0.3) is 5.91 Å². The minimum absolute atomic E-state index is 0.139. The van der Waals surface area contributed by atoms with Crippen LogP contribution in [0.1, 0.15) is 15.2 Å². The average Bonchev–Trinajstić information content (AvgIpc) is 3.34. The Kier molecular flexibility index (Phi) is 4.95. The van der Waals surface area contributed by atoms with Crippen LogP contribution in [0.2, 0.25) is 0 Å². The number of carbonyl (C=O) groups is 1. The minimum atomic E-state index is -0.371. The zero-order valence-corrected chi connectivity index (χ0v) is 15.3. The molecule has 0 unspecified atom stereocenters. The van der Waals surface area contributed by atoms with Crippen LogP contribution in [-0.2, 0) is 6.42 Å². The summed E-state index contributed by atoms with van der Waals surface area (Å²) >= 11 is 1.26. The number of carbonyl (C=O) groups excluding carboxylic acids is 1. The largest absolute Gasteiger partial charge is 0.394 e. The molecule has 136 valence electrons. The summed E-state index contributed by atoms with van der Waals surface area (Å²) in [4.78, 5) is 17.6. The van der Waals surface area contributed by atoms with Gasteiger partial charge in [0.1, 0.15) is 4.88 Å². The Labute approximate surface area is 160 Å². The van der Waals surface area contributed by atoms with Crippen LogP contribution >= 0.6 is 11.3 Å². The lowest BCUT2D eigenvalue weighted by molar-refractivity contribution is 0.0920. The second-order valence-corrected chi connectivity index (χ2v) is 7.02. The summed E-state index contributed by atoms with van der Waals surface area (Å²) in [5.41, 5.74) is 3.58. The van der Waals surface area contributed by atoms with Gasteiger partial charge in [0.15, 0.2) is 5.82 Å². The molecule has 2 aromatic heterocycles. The van der Waals surface area contributed by atoms with Crippen molar-refractivity contribution in [3.8, 4) is 5.82 Å². The Bertz CT molecular complexity index is 1060. The summed E-state index contributed by atoms with van der Waals surface area (Å²) in [6.07, 6.45) is 2.31. The molecule has 0 aliphatic rings. The molecule has 2 aromatic carbocycles. The first-order valence-corrected chi connectivity index (χ1v) is 9.46. The lowest BCUT2D eigenvalue weighted by Gasteiger charge is -2.16. The van der Waals surface area contributed by atoms with Crippen molar-refractivity contribution in [2.75, 3.05) is 6.61 Å². The SMILES string of the molecule is O=C(N[C@H](CO)Cc1ccccc1)c1scnc1-n1ncc2ccccc21. The molecule has 0 aliphatic heterocycles. The van der Waals surface area contributed by atoms with Gasteiger partial charge in [-0.3, -0.25) is 4.79 Å². The molecule has 4 aromatic rings. The number of hydrogen-bond acceptors (Lipinski definition) is 5. The van der Waals surface area contributed by atoms with E-state index in [1.807, 2.05) is 54.6 Å². The van der Waals surface area contributed by atoms with Crippen LogP contribution in [0.3, 0.4) is 0 Å². The van der Waals surface area contributed by atoms with E-state index in [1.165, 1.54) is 11.3 Å². The van der Waals surface area contributed by atoms with Crippen molar-refractivity contribution in [3.05, 3.63) is 76.7 Å². The number of fused-ring (bicyclic) bond motifs is 1. The molecule has 0 spiro atoms. The van der Waals surface area contributed by atoms with Crippen molar-refractivity contribution in [3.63, 3.8) is 0 Å². The van der Waals surface area contributed by atoms with E-state index in [-0.39, 0.29) is 18.6 Å². The predicted octanol–water partition coefficient (Wildman–Crippen LogP) is 2.82. The van der Waals surface area contributed by atoms with Crippen LogP contribution in [0.4, 0.5) is 0 Å². The van der Waals surface area contributed by atoms with E-state index in [1.54, 1.807) is 16.4 Å². The Morgan fingerprint density at radius 2 is 1.93 bits per heavy atom. The summed E-state index contributed by atoms with van der Waals surface area (Å²) in [6, 6.07) is 17.2. The zero-order chi connectivity index (χ0) is 18.6. The number of para-hydroxylation sites is 1. The normalized spacial score (nSPS) is 12.2. The molecule has 4 rings (SSSR count). The fraction of sp³-hybridized carbons (Fsp3) is 0.150. The Balaban J connectivity index is 1.57. The topological polar surface area (TPSA) is 80.0 Å². The second-order valence-electron chi connectivity index (χ2n) is 6.16. The molecule has 0 aliphatic carbocycles. The van der Waals surface area contributed by atoms with Gasteiger partial charge in [-0.25, -0.2) is 9.67 Å². The average molecular weight is 378 g/mol. The fourth-order valence-electron chi connectivity index (χ4n) is 3.00. The molecule has 2 N–H and O–H groups in total. The van der Waals surface area contributed by atoms with Crippen LogP contribution in [-0.4, -0.2) is 38.4 Å². The summed E-state index contributed by atoms with van der Waals surface area (Å²) in [6.45, 7) is -0.139. The number of aliphatic hydroxyl groups is 1. The molecule has 0 fully saturated rings. The number of benzene rings is 2. The number of thiazole rings is 1. The Hall–Kier alpha value is -3.03. The fourth-order valence-corrected chi connectivity index (χ4v) is 3.67. The number of nitrogens with zero attached hydrogens (tertiary/aromatic N) is 3. The molecule has 0 saturated heterocycles. The van der Waals surface area contributed by atoms with Gasteiger partial charge in [-0.15, -0.1) is 11.3 Å². The lowest BCUT2D eigenvalue weighted by atomic mass is 10.1. The van der Waals surface area contributed by atoms with Gasteiger partial charge in [-0.2, -0.15) is 5.10 Å². The molecule has 0 radical (unpaired) electrons. The van der Waals surface area contributed by atoms with Crippen LogP contribution < -0.4 is 5.32 Å². The van der Waals surface area contributed by atoms with Crippen molar-refractivity contribution in [1.29, 1.82) is 0 Å². The van der Waals surface area contributed by atoms with E-state index < -0.39 is 0 Å². The predicted molar refractivity (Wildman–Crippen MR) is 105 cm³/mol. The quantitative estimate of drug-likeness (QED) is 0.541. The number of aromatic nitrogens is 3. The van der Waals surface area contributed by atoms with Gasteiger partial charge in [0.05, 0.1) is 29.9 Å². The molecule has 7 heteroatoms. The maximum atomic E-state index is 12.8. The highest BCUT2D eigenvalue weighted by atomic mass is 32.1. The number of rotatable bonds is 6. The number of amides is 1. The van der Waals surface area contributed by atoms with Crippen molar-refractivity contribution < 1.29 is 9.90 Å². The molecule has 6 nitrogen and oxygen atoms in total. The van der Waals surface area contributed by atoms with Crippen LogP contribution in [0.15, 0.2) is 66.3 Å². The Morgan fingerprint density at radius 1 is 1.15 bits per heavy atom. The summed E-state index contributed by atoms with van der Waals surface area (Å²) < 4.78 is 1.67. The molecule has 0 bridgehead atoms. The molecule has 0 saturated carbocycles. The first-order valence-electron chi connectivity index (χ1n) is 8.58. The highest BCUT2D eigenvalue weighted by Crippen LogP contribution is 2.22. The van der Waals surface area contributed by atoms with E-state index in [0.29, 0.717) is 17.1 Å². The van der Waals surface area contributed by atoms with E-state index >= 15 is 0 Å². The third kappa shape index (κ3) is 3.60. The zero-order valence-electron chi connectivity index (χ0n) is 14.4. The van der Waals surface area contributed by atoms with Crippen molar-refractivity contribution in [2.24, 2.45) is 0 Å². The monoisotopic (exact) mass is 378 g/mol. The third-order valence-electron chi connectivity index (χ3n) is 4.31. The van der Waals surface area contributed by atoms with Gasteiger partial charge in [0.2, 0.25) is 0 Å². The van der Waals surface area contributed by atoms with Crippen LogP contribution in [0, 0.1) is 0 Å². The lowest BCUT2D eigenvalue weighted by Crippen LogP contribution is -2.39. The van der Waals surface area contributed by atoms with E-state index in [9.17, 15) is 9.90 Å². The van der Waals surface area contributed by atoms with Gasteiger partial charge in [-0.1, -0.05) is 48.5 Å². The molecular weight excluding hydrogens is 360 g/mol. The molecule has 27 heavy (non-hydrogen) atoms. The third-order valence-corrected chi connectivity index (χ3v) is 5.13. The van der Waals surface area contributed by atoms with E-state index in [4.69, 9.17) is 0 Å². The highest BCUT2D eigenvalue weighted by Gasteiger charge is 2.21. The smallest absolute Gasteiger partial charge is 0.265 e.